The first-order valence-electron chi connectivity index (χ1n) is 6.33. The number of aromatic amines is 1. The van der Waals surface area contributed by atoms with Crippen molar-refractivity contribution in [1.29, 1.82) is 0 Å². The van der Waals surface area contributed by atoms with E-state index in [0.29, 0.717) is 0 Å². The zero-order chi connectivity index (χ0) is 14.3. The molecule has 0 bridgehead atoms. The summed E-state index contributed by atoms with van der Waals surface area (Å²) >= 11 is 0. The monoisotopic (exact) mass is 268 g/mol. The lowest BCUT2D eigenvalue weighted by Gasteiger charge is -2.07. The lowest BCUT2D eigenvalue weighted by molar-refractivity contribution is -0.137. The van der Waals surface area contributed by atoms with E-state index in [4.69, 9.17) is 0 Å². The molecule has 1 N–H and O–H groups in total. The molecule has 3 rings (SSSR count). The Hall–Kier alpha value is -2.44. The SMILES string of the molecule is BN=Nc1ccc2c(C3CC(=O)N(C)C3=O)c[nH]c2c1. The van der Waals surface area contributed by atoms with Crippen LogP contribution in [-0.4, -0.2) is 36.7 Å². The van der Waals surface area contributed by atoms with E-state index >= 15 is 0 Å². The van der Waals surface area contributed by atoms with Crippen LogP contribution in [0.5, 0.6) is 0 Å². The molecule has 2 aromatic rings. The van der Waals surface area contributed by atoms with E-state index in [1.54, 1.807) is 14.2 Å². The summed E-state index contributed by atoms with van der Waals surface area (Å²) in [4.78, 5) is 28.0. The van der Waals surface area contributed by atoms with Crippen LogP contribution in [0.2, 0.25) is 0 Å². The van der Waals surface area contributed by atoms with Crippen molar-refractivity contribution >= 4 is 36.4 Å². The molecule has 100 valence electrons. The Morgan fingerprint density at radius 1 is 1.40 bits per heavy atom. The molecule has 2 amide bonds. The average molecular weight is 268 g/mol. The number of likely N-dealkylation sites (N-methyl/N-ethyl adjacent to an activating group) is 1. The number of rotatable bonds is 2. The summed E-state index contributed by atoms with van der Waals surface area (Å²) < 4.78 is 0. The highest BCUT2D eigenvalue weighted by Gasteiger charge is 2.38. The zero-order valence-electron chi connectivity index (χ0n) is 11.3. The van der Waals surface area contributed by atoms with Gasteiger partial charge in [-0.3, -0.25) is 19.5 Å². The second kappa shape index (κ2) is 4.59. The van der Waals surface area contributed by atoms with Crippen LogP contribution >= 0.6 is 0 Å². The molecule has 0 saturated carbocycles. The molecule has 0 spiro atoms. The molecular weight excluding hydrogens is 255 g/mol. The number of likely N-dealkylation sites (tertiary alicyclic amines) is 1. The van der Waals surface area contributed by atoms with E-state index < -0.39 is 0 Å². The van der Waals surface area contributed by atoms with Crippen molar-refractivity contribution in [1.82, 2.24) is 9.88 Å². The molecule has 0 radical (unpaired) electrons. The van der Waals surface area contributed by atoms with Crippen molar-refractivity contribution in [3.63, 3.8) is 0 Å². The summed E-state index contributed by atoms with van der Waals surface area (Å²) in [5.74, 6) is -0.668. The highest BCUT2D eigenvalue weighted by molar-refractivity contribution is 6.07. The van der Waals surface area contributed by atoms with Crippen molar-refractivity contribution < 1.29 is 9.59 Å². The molecule has 1 aromatic carbocycles. The Morgan fingerprint density at radius 2 is 2.20 bits per heavy atom. The fourth-order valence-electron chi connectivity index (χ4n) is 2.60. The summed E-state index contributed by atoms with van der Waals surface area (Å²) in [6.07, 6.45) is 2.03. The largest absolute Gasteiger partial charge is 0.361 e. The molecule has 1 aromatic heterocycles. The van der Waals surface area contributed by atoms with Crippen LogP contribution in [0.25, 0.3) is 10.9 Å². The highest BCUT2D eigenvalue weighted by atomic mass is 16.2. The Balaban J connectivity index is 2.05. The van der Waals surface area contributed by atoms with Gasteiger partial charge in [-0.25, -0.2) is 0 Å². The fourth-order valence-corrected chi connectivity index (χ4v) is 2.60. The molecule has 1 unspecified atom stereocenters. The predicted molar refractivity (Wildman–Crippen MR) is 76.5 cm³/mol. The normalized spacial score (nSPS) is 19.6. The number of fused-ring (bicyclic) bond motifs is 1. The van der Waals surface area contributed by atoms with E-state index in [2.05, 4.69) is 15.1 Å². The number of aromatic nitrogens is 1. The van der Waals surface area contributed by atoms with Gasteiger partial charge >= 0.3 is 0 Å². The maximum Gasteiger partial charge on any atom is 0.273 e. The number of nitrogens with zero attached hydrogens (tertiary/aromatic N) is 3. The minimum absolute atomic E-state index is 0.134. The third kappa shape index (κ3) is 1.82. The summed E-state index contributed by atoms with van der Waals surface area (Å²) in [6, 6.07) is 5.62. The number of benzene rings is 1. The molecule has 20 heavy (non-hydrogen) atoms. The van der Waals surface area contributed by atoms with Crippen LogP contribution in [0.4, 0.5) is 5.69 Å². The van der Waals surface area contributed by atoms with Crippen molar-refractivity contribution in [2.75, 3.05) is 7.05 Å². The van der Waals surface area contributed by atoms with Crippen LogP contribution in [0.1, 0.15) is 17.9 Å². The first-order valence-corrected chi connectivity index (χ1v) is 6.33. The molecule has 1 atom stereocenters. The van der Waals surface area contributed by atoms with Gasteiger partial charge in [-0.05, 0) is 17.7 Å². The molecule has 1 aliphatic rings. The minimum Gasteiger partial charge on any atom is -0.361 e. The Labute approximate surface area is 116 Å². The fraction of sp³-hybridized carbons (Fsp3) is 0.231. The molecular formula is C13H13BN4O2. The molecule has 0 aliphatic carbocycles. The lowest BCUT2D eigenvalue weighted by Crippen LogP contribution is -2.25. The molecule has 6 nitrogen and oxygen atoms in total. The van der Waals surface area contributed by atoms with Crippen LogP contribution < -0.4 is 0 Å². The number of carbonyl (C=O) groups is 2. The van der Waals surface area contributed by atoms with E-state index in [0.717, 1.165) is 22.2 Å². The number of nitrogens with one attached hydrogen (secondary N) is 1. The van der Waals surface area contributed by atoms with Gasteiger partial charge in [0, 0.05) is 30.6 Å². The molecule has 2 heterocycles. The molecule has 7 heteroatoms. The summed E-state index contributed by atoms with van der Waals surface area (Å²) in [5, 5.41) is 8.66. The van der Waals surface area contributed by atoms with Crippen LogP contribution in [-0.2, 0) is 9.59 Å². The Bertz CT molecular complexity index is 737. The van der Waals surface area contributed by atoms with Gasteiger partial charge in [0.25, 0.3) is 7.98 Å². The Morgan fingerprint density at radius 3 is 2.85 bits per heavy atom. The van der Waals surface area contributed by atoms with Gasteiger partial charge in [0.1, 0.15) is 0 Å². The van der Waals surface area contributed by atoms with Gasteiger partial charge in [0.15, 0.2) is 0 Å². The number of hydrogen-bond donors (Lipinski definition) is 1. The molecule has 1 fully saturated rings. The maximum atomic E-state index is 12.1. The number of imide groups is 1. The number of carbonyl (C=O) groups excluding carboxylic acids is 2. The molecule has 1 saturated heterocycles. The van der Waals surface area contributed by atoms with E-state index in [1.807, 2.05) is 18.2 Å². The van der Waals surface area contributed by atoms with E-state index in [1.165, 1.54) is 11.9 Å². The van der Waals surface area contributed by atoms with Gasteiger partial charge in [0.2, 0.25) is 11.8 Å². The quantitative estimate of drug-likeness (QED) is 0.505. The van der Waals surface area contributed by atoms with Crippen molar-refractivity contribution in [3.8, 4) is 0 Å². The highest BCUT2D eigenvalue weighted by Crippen LogP contribution is 2.34. The zero-order valence-corrected chi connectivity index (χ0v) is 11.3. The maximum absolute atomic E-state index is 12.1. The number of H-pyrrole nitrogens is 1. The smallest absolute Gasteiger partial charge is 0.273 e. The summed E-state index contributed by atoms with van der Waals surface area (Å²) in [5.41, 5.74) is 2.50. The van der Waals surface area contributed by atoms with Crippen LogP contribution in [0.15, 0.2) is 34.5 Å². The topological polar surface area (TPSA) is 77.9 Å². The van der Waals surface area contributed by atoms with Crippen molar-refractivity contribution in [3.05, 3.63) is 30.0 Å². The first-order chi connectivity index (χ1) is 9.61. The van der Waals surface area contributed by atoms with Gasteiger partial charge in [-0.1, -0.05) is 6.07 Å². The number of amides is 2. The summed E-state index contributed by atoms with van der Waals surface area (Å²) in [6.45, 7) is 0. The second-order valence-corrected chi connectivity index (χ2v) is 4.82. The number of hydrogen-bond acceptors (Lipinski definition) is 4. The predicted octanol–water partition coefficient (Wildman–Crippen LogP) is 1.27. The van der Waals surface area contributed by atoms with E-state index in [-0.39, 0.29) is 24.2 Å². The van der Waals surface area contributed by atoms with Gasteiger partial charge < -0.3 is 4.98 Å². The summed E-state index contributed by atoms with van der Waals surface area (Å²) in [7, 11) is 3.14. The van der Waals surface area contributed by atoms with Crippen LogP contribution in [0.3, 0.4) is 0 Å². The Kier molecular flexibility index (Phi) is 2.89. The standard InChI is InChI=1S/C13H13BN4O2/c1-18-12(19)5-9(13(18)20)10-6-15-11-4-7(16-17-14)2-3-8(10)11/h2-4,6,9,15H,5,14H2,1H3. The van der Waals surface area contributed by atoms with Crippen molar-refractivity contribution in [2.24, 2.45) is 10.1 Å². The third-order valence-electron chi connectivity index (χ3n) is 3.67. The minimum atomic E-state index is -0.389. The molecule has 1 aliphatic heterocycles. The van der Waals surface area contributed by atoms with Gasteiger partial charge in [-0.15, -0.1) is 0 Å². The first kappa shape index (κ1) is 12.6. The second-order valence-electron chi connectivity index (χ2n) is 4.82. The van der Waals surface area contributed by atoms with Gasteiger partial charge in [0.05, 0.1) is 11.6 Å². The third-order valence-corrected chi connectivity index (χ3v) is 3.67. The van der Waals surface area contributed by atoms with E-state index in [9.17, 15) is 9.59 Å². The lowest BCUT2D eigenvalue weighted by atomic mass is 9.97. The van der Waals surface area contributed by atoms with Crippen molar-refractivity contribution in [2.45, 2.75) is 12.3 Å². The van der Waals surface area contributed by atoms with Crippen LogP contribution in [0, 0.1) is 0 Å². The average Bonchev–Trinajstić information content (AvgIpc) is 2.95. The van der Waals surface area contributed by atoms with Gasteiger partial charge in [-0.2, -0.15) is 5.11 Å².